The SMILES string of the molecule is COC(=O)c1ccc2c(=O)n(Cc3ccc(F)cc3)c(N3CCOCC3)nc2c1. The summed E-state index contributed by atoms with van der Waals surface area (Å²) in [6, 6.07) is 10.7. The van der Waals surface area contributed by atoms with Gasteiger partial charge in [0.15, 0.2) is 0 Å². The first-order valence-corrected chi connectivity index (χ1v) is 9.27. The van der Waals surface area contributed by atoms with Crippen molar-refractivity contribution in [1.82, 2.24) is 9.55 Å². The van der Waals surface area contributed by atoms with E-state index in [2.05, 4.69) is 0 Å². The number of esters is 1. The summed E-state index contributed by atoms with van der Waals surface area (Å²) in [6.45, 7) is 2.52. The van der Waals surface area contributed by atoms with Crippen LogP contribution in [0.4, 0.5) is 10.3 Å². The summed E-state index contributed by atoms with van der Waals surface area (Å²) in [4.78, 5) is 31.8. The van der Waals surface area contributed by atoms with Gasteiger partial charge in [0.05, 0.1) is 43.3 Å². The third-order valence-corrected chi connectivity index (χ3v) is 4.90. The van der Waals surface area contributed by atoms with Crippen LogP contribution < -0.4 is 10.5 Å². The first kappa shape index (κ1) is 19.1. The average molecular weight is 397 g/mol. The fourth-order valence-corrected chi connectivity index (χ4v) is 3.37. The van der Waals surface area contributed by atoms with Gasteiger partial charge in [-0.3, -0.25) is 9.36 Å². The maximum Gasteiger partial charge on any atom is 0.337 e. The Hall–Kier alpha value is -3.26. The number of rotatable bonds is 4. The second-order valence-corrected chi connectivity index (χ2v) is 6.75. The fraction of sp³-hybridized carbons (Fsp3) is 0.286. The van der Waals surface area contributed by atoms with Crippen molar-refractivity contribution in [3.63, 3.8) is 0 Å². The van der Waals surface area contributed by atoms with E-state index in [9.17, 15) is 14.0 Å². The maximum absolute atomic E-state index is 13.3. The number of hydrogen-bond donors (Lipinski definition) is 0. The Morgan fingerprint density at radius 2 is 1.90 bits per heavy atom. The van der Waals surface area contributed by atoms with E-state index in [0.717, 1.165) is 5.56 Å². The zero-order valence-electron chi connectivity index (χ0n) is 15.9. The average Bonchev–Trinajstić information content (AvgIpc) is 2.76. The predicted octanol–water partition coefficient (Wildman–Crippen LogP) is 2.21. The van der Waals surface area contributed by atoms with E-state index in [1.807, 2.05) is 4.90 Å². The van der Waals surface area contributed by atoms with E-state index in [1.165, 1.54) is 19.2 Å². The highest BCUT2D eigenvalue weighted by Crippen LogP contribution is 2.19. The molecule has 0 amide bonds. The van der Waals surface area contributed by atoms with E-state index in [4.69, 9.17) is 14.5 Å². The van der Waals surface area contributed by atoms with Crippen molar-refractivity contribution in [3.05, 3.63) is 69.8 Å². The number of nitrogens with zero attached hydrogens (tertiary/aromatic N) is 3. The van der Waals surface area contributed by atoms with Crippen molar-refractivity contribution in [1.29, 1.82) is 0 Å². The first-order chi connectivity index (χ1) is 14.1. The summed E-state index contributed by atoms with van der Waals surface area (Å²) >= 11 is 0. The quantitative estimate of drug-likeness (QED) is 0.629. The summed E-state index contributed by atoms with van der Waals surface area (Å²) in [5.41, 5.74) is 1.32. The Morgan fingerprint density at radius 3 is 2.59 bits per heavy atom. The van der Waals surface area contributed by atoms with Crippen molar-refractivity contribution in [3.8, 4) is 0 Å². The van der Waals surface area contributed by atoms with Gasteiger partial charge in [0.2, 0.25) is 5.95 Å². The van der Waals surface area contributed by atoms with Crippen LogP contribution in [-0.2, 0) is 16.0 Å². The Kier molecular flexibility index (Phi) is 5.26. The van der Waals surface area contributed by atoms with Gasteiger partial charge >= 0.3 is 5.97 Å². The predicted molar refractivity (Wildman–Crippen MR) is 106 cm³/mol. The number of hydrogen-bond acceptors (Lipinski definition) is 6. The third-order valence-electron chi connectivity index (χ3n) is 4.90. The monoisotopic (exact) mass is 397 g/mol. The second kappa shape index (κ2) is 8.00. The van der Waals surface area contributed by atoms with Crippen LogP contribution in [0.3, 0.4) is 0 Å². The molecule has 1 aliphatic heterocycles. The Bertz CT molecular complexity index is 1110. The van der Waals surface area contributed by atoms with Gasteiger partial charge in [-0.15, -0.1) is 0 Å². The van der Waals surface area contributed by atoms with Gasteiger partial charge in [0.1, 0.15) is 5.82 Å². The maximum atomic E-state index is 13.3. The van der Waals surface area contributed by atoms with Gasteiger partial charge in [-0.05, 0) is 35.9 Å². The number of carbonyl (C=O) groups is 1. The van der Waals surface area contributed by atoms with Gasteiger partial charge in [-0.2, -0.15) is 0 Å². The van der Waals surface area contributed by atoms with E-state index in [0.29, 0.717) is 48.7 Å². The zero-order valence-corrected chi connectivity index (χ0v) is 15.9. The summed E-state index contributed by atoms with van der Waals surface area (Å²) in [5, 5.41) is 0.400. The number of anilines is 1. The summed E-state index contributed by atoms with van der Waals surface area (Å²) in [5.74, 6) is -0.323. The summed E-state index contributed by atoms with van der Waals surface area (Å²) in [6.07, 6.45) is 0. The highest BCUT2D eigenvalue weighted by molar-refractivity contribution is 5.94. The van der Waals surface area contributed by atoms with E-state index in [1.54, 1.807) is 34.9 Å². The molecule has 150 valence electrons. The topological polar surface area (TPSA) is 73.7 Å². The van der Waals surface area contributed by atoms with Gasteiger partial charge in [-0.1, -0.05) is 12.1 Å². The van der Waals surface area contributed by atoms with Gasteiger partial charge in [0.25, 0.3) is 5.56 Å². The van der Waals surface area contributed by atoms with Crippen LogP contribution in [0.1, 0.15) is 15.9 Å². The van der Waals surface area contributed by atoms with Gasteiger partial charge < -0.3 is 14.4 Å². The molecule has 3 aromatic rings. The number of aromatic nitrogens is 2. The number of morpholine rings is 1. The van der Waals surface area contributed by atoms with Crippen LogP contribution in [-0.4, -0.2) is 48.9 Å². The molecule has 0 N–H and O–H groups in total. The third kappa shape index (κ3) is 3.84. The van der Waals surface area contributed by atoms with E-state index < -0.39 is 5.97 Å². The lowest BCUT2D eigenvalue weighted by Crippen LogP contribution is -2.41. The van der Waals surface area contributed by atoms with Crippen molar-refractivity contribution in [2.45, 2.75) is 6.54 Å². The van der Waals surface area contributed by atoms with Crippen molar-refractivity contribution < 1.29 is 18.7 Å². The highest BCUT2D eigenvalue weighted by atomic mass is 19.1. The minimum Gasteiger partial charge on any atom is -0.465 e. The molecule has 1 aliphatic rings. The number of halogens is 1. The summed E-state index contributed by atoms with van der Waals surface area (Å²) < 4.78 is 25.0. The standard InChI is InChI=1S/C21H20FN3O4/c1-28-20(27)15-4-7-17-18(12-15)23-21(24-8-10-29-11-9-24)25(19(17)26)13-14-2-5-16(22)6-3-14/h2-7,12H,8-11,13H2,1H3. The van der Waals surface area contributed by atoms with Gasteiger partial charge in [-0.25, -0.2) is 14.2 Å². The Balaban J connectivity index is 1.86. The molecule has 0 unspecified atom stereocenters. The molecule has 2 heterocycles. The molecule has 8 heteroatoms. The number of benzene rings is 2. The zero-order chi connectivity index (χ0) is 20.4. The Morgan fingerprint density at radius 1 is 1.17 bits per heavy atom. The first-order valence-electron chi connectivity index (χ1n) is 9.27. The van der Waals surface area contributed by atoms with Crippen LogP contribution in [0.25, 0.3) is 10.9 Å². The van der Waals surface area contributed by atoms with Crippen LogP contribution in [0.5, 0.6) is 0 Å². The number of fused-ring (bicyclic) bond motifs is 1. The minimum atomic E-state index is -0.489. The largest absolute Gasteiger partial charge is 0.465 e. The molecule has 2 aromatic carbocycles. The molecule has 0 aliphatic carbocycles. The molecule has 0 radical (unpaired) electrons. The van der Waals surface area contributed by atoms with Crippen LogP contribution in [0, 0.1) is 5.82 Å². The normalized spacial score (nSPS) is 14.2. The van der Waals surface area contributed by atoms with Crippen molar-refractivity contribution in [2.75, 3.05) is 38.3 Å². The van der Waals surface area contributed by atoms with Crippen LogP contribution in [0.15, 0.2) is 47.3 Å². The Labute approximate surface area is 166 Å². The summed E-state index contributed by atoms with van der Waals surface area (Å²) in [7, 11) is 1.31. The molecule has 0 bridgehead atoms. The van der Waals surface area contributed by atoms with Crippen molar-refractivity contribution in [2.24, 2.45) is 0 Å². The molecule has 1 fully saturated rings. The smallest absolute Gasteiger partial charge is 0.337 e. The molecule has 0 saturated carbocycles. The molecule has 1 saturated heterocycles. The number of ether oxygens (including phenoxy) is 2. The molecule has 0 spiro atoms. The molecular formula is C21H20FN3O4. The van der Waals surface area contributed by atoms with Crippen molar-refractivity contribution >= 4 is 22.8 Å². The molecule has 7 nitrogen and oxygen atoms in total. The highest BCUT2D eigenvalue weighted by Gasteiger charge is 2.20. The minimum absolute atomic E-state index is 0.225. The number of carbonyl (C=O) groups excluding carboxylic acids is 1. The van der Waals surface area contributed by atoms with Crippen LogP contribution >= 0.6 is 0 Å². The lowest BCUT2D eigenvalue weighted by molar-refractivity contribution is 0.0601. The van der Waals surface area contributed by atoms with Gasteiger partial charge in [0, 0.05) is 13.1 Å². The van der Waals surface area contributed by atoms with E-state index >= 15 is 0 Å². The number of methoxy groups -OCH3 is 1. The van der Waals surface area contributed by atoms with E-state index in [-0.39, 0.29) is 17.9 Å². The second-order valence-electron chi connectivity index (χ2n) is 6.75. The van der Waals surface area contributed by atoms with Crippen LogP contribution in [0.2, 0.25) is 0 Å². The lowest BCUT2D eigenvalue weighted by atomic mass is 10.1. The fourth-order valence-electron chi connectivity index (χ4n) is 3.37. The lowest BCUT2D eigenvalue weighted by Gasteiger charge is -2.30. The molecular weight excluding hydrogens is 377 g/mol. The molecule has 4 rings (SSSR count). The molecule has 1 aromatic heterocycles. The molecule has 29 heavy (non-hydrogen) atoms. The molecule has 0 atom stereocenters.